The molecule has 2 aromatic rings. The first-order chi connectivity index (χ1) is 13.9. The molecule has 0 bridgehead atoms. The fourth-order valence-corrected chi connectivity index (χ4v) is 3.86. The van der Waals surface area contributed by atoms with Crippen LogP contribution in [0.15, 0.2) is 48.5 Å². The van der Waals surface area contributed by atoms with Crippen LogP contribution in [0.2, 0.25) is 0 Å². The molecule has 2 aromatic carbocycles. The number of carbonyl (C=O) groups excluding carboxylic acids is 2. The highest BCUT2D eigenvalue weighted by atomic mass is 16.5. The van der Waals surface area contributed by atoms with Crippen LogP contribution >= 0.6 is 0 Å². The Labute approximate surface area is 169 Å². The van der Waals surface area contributed by atoms with Gasteiger partial charge < -0.3 is 25.0 Å². The monoisotopic (exact) mass is 399 g/mol. The molecule has 0 unspecified atom stereocenters. The van der Waals surface area contributed by atoms with Crippen LogP contribution in [-0.2, 0) is 11.2 Å². The van der Waals surface area contributed by atoms with E-state index in [4.69, 9.17) is 0 Å². The first-order valence-corrected chi connectivity index (χ1v) is 9.43. The molecule has 1 fully saturated rings. The summed E-state index contributed by atoms with van der Waals surface area (Å²) in [5.41, 5.74) is 0.288. The van der Waals surface area contributed by atoms with Crippen LogP contribution in [0.1, 0.15) is 32.7 Å². The van der Waals surface area contributed by atoms with Crippen molar-refractivity contribution in [2.45, 2.75) is 18.9 Å². The number of ether oxygens (including phenoxy) is 1. The van der Waals surface area contributed by atoms with E-state index in [0.717, 1.165) is 5.56 Å². The van der Waals surface area contributed by atoms with E-state index in [1.165, 1.54) is 25.3 Å². The number of phenols is 1. The summed E-state index contributed by atoms with van der Waals surface area (Å²) < 4.78 is 4.66. The summed E-state index contributed by atoms with van der Waals surface area (Å²) in [6, 6.07) is 13.4. The summed E-state index contributed by atoms with van der Waals surface area (Å²) in [5.74, 6) is -1.26. The second kappa shape index (κ2) is 8.63. The summed E-state index contributed by atoms with van der Waals surface area (Å²) >= 11 is 0. The molecule has 0 radical (unpaired) electrons. The highest BCUT2D eigenvalue weighted by Gasteiger charge is 2.44. The van der Waals surface area contributed by atoms with E-state index in [1.807, 2.05) is 30.3 Å². The third kappa shape index (κ3) is 4.41. The Bertz CT molecular complexity index is 884. The van der Waals surface area contributed by atoms with Crippen LogP contribution < -0.4 is 0 Å². The average Bonchev–Trinajstić information content (AvgIpc) is 2.74. The van der Waals surface area contributed by atoms with Crippen molar-refractivity contribution in [3.63, 3.8) is 0 Å². The molecular weight excluding hydrogens is 374 g/mol. The summed E-state index contributed by atoms with van der Waals surface area (Å²) in [6.07, 6.45) is -0.0172. The Morgan fingerprint density at radius 1 is 1.17 bits per heavy atom. The van der Waals surface area contributed by atoms with Crippen molar-refractivity contribution < 1.29 is 29.6 Å². The Hall–Kier alpha value is -2.90. The number of rotatable bonds is 5. The minimum absolute atomic E-state index is 0.0746. The number of aliphatic hydroxyl groups excluding tert-OH is 2. The lowest BCUT2D eigenvalue weighted by molar-refractivity contribution is -0.0668. The van der Waals surface area contributed by atoms with E-state index < -0.39 is 17.5 Å². The number of carbonyl (C=O) groups is 2. The largest absolute Gasteiger partial charge is 0.508 e. The van der Waals surface area contributed by atoms with E-state index in [-0.39, 0.29) is 35.9 Å². The summed E-state index contributed by atoms with van der Waals surface area (Å²) in [7, 11) is 1.22. The molecule has 1 aliphatic rings. The molecule has 0 spiro atoms. The average molecular weight is 399 g/mol. The van der Waals surface area contributed by atoms with Gasteiger partial charge in [-0.15, -0.1) is 0 Å². The Kier molecular flexibility index (Phi) is 6.20. The molecule has 0 saturated carbocycles. The molecule has 7 heteroatoms. The number of aromatic hydroxyl groups is 1. The molecule has 2 atom stereocenters. The van der Waals surface area contributed by atoms with Gasteiger partial charge in [0.05, 0.1) is 25.4 Å². The SMILES string of the molecule is COC(=O)c1cc(O)cc(C(=O)N2CC[C@H](O)[C@](CO)(Cc3ccccc3)C2)c1. The van der Waals surface area contributed by atoms with Crippen molar-refractivity contribution in [2.75, 3.05) is 26.8 Å². The molecule has 154 valence electrons. The van der Waals surface area contributed by atoms with Crippen LogP contribution in [-0.4, -0.2) is 65.0 Å². The van der Waals surface area contributed by atoms with Gasteiger partial charge >= 0.3 is 5.97 Å². The first-order valence-electron chi connectivity index (χ1n) is 9.43. The van der Waals surface area contributed by atoms with Crippen molar-refractivity contribution in [1.82, 2.24) is 4.90 Å². The van der Waals surface area contributed by atoms with Gasteiger partial charge in [-0.05, 0) is 36.6 Å². The van der Waals surface area contributed by atoms with Gasteiger partial charge in [-0.3, -0.25) is 4.79 Å². The smallest absolute Gasteiger partial charge is 0.338 e. The number of methoxy groups -OCH3 is 1. The maximum Gasteiger partial charge on any atom is 0.338 e. The maximum atomic E-state index is 13.1. The molecule has 29 heavy (non-hydrogen) atoms. The lowest BCUT2D eigenvalue weighted by Gasteiger charge is -2.45. The van der Waals surface area contributed by atoms with Crippen molar-refractivity contribution >= 4 is 11.9 Å². The third-order valence-corrected chi connectivity index (χ3v) is 5.47. The molecule has 1 amide bonds. The second-order valence-electron chi connectivity index (χ2n) is 7.47. The van der Waals surface area contributed by atoms with Crippen molar-refractivity contribution in [2.24, 2.45) is 5.41 Å². The predicted molar refractivity (Wildman–Crippen MR) is 106 cm³/mol. The fourth-order valence-electron chi connectivity index (χ4n) is 3.86. The van der Waals surface area contributed by atoms with Crippen LogP contribution in [0.4, 0.5) is 0 Å². The van der Waals surface area contributed by atoms with E-state index in [2.05, 4.69) is 4.74 Å². The van der Waals surface area contributed by atoms with E-state index in [0.29, 0.717) is 19.4 Å². The highest BCUT2D eigenvalue weighted by Crippen LogP contribution is 2.34. The number of nitrogens with zero attached hydrogens (tertiary/aromatic N) is 1. The highest BCUT2D eigenvalue weighted by molar-refractivity contribution is 5.98. The molecule has 7 nitrogen and oxygen atoms in total. The fraction of sp³-hybridized carbons (Fsp3) is 0.364. The Morgan fingerprint density at radius 3 is 2.52 bits per heavy atom. The number of phenolic OH excluding ortho intramolecular Hbond substituents is 1. The molecule has 3 rings (SSSR count). The Balaban J connectivity index is 1.86. The van der Waals surface area contributed by atoms with Gasteiger partial charge in [0.25, 0.3) is 5.91 Å². The molecule has 0 aliphatic carbocycles. The lowest BCUT2D eigenvalue weighted by atomic mass is 9.73. The van der Waals surface area contributed by atoms with Crippen LogP contribution in [0.25, 0.3) is 0 Å². The number of benzene rings is 2. The zero-order chi connectivity index (χ0) is 21.0. The Morgan fingerprint density at radius 2 is 1.86 bits per heavy atom. The van der Waals surface area contributed by atoms with E-state index in [1.54, 1.807) is 4.90 Å². The van der Waals surface area contributed by atoms with Gasteiger partial charge in [0.2, 0.25) is 0 Å². The number of likely N-dealkylation sites (tertiary alicyclic amines) is 1. The zero-order valence-corrected chi connectivity index (χ0v) is 16.2. The minimum atomic E-state index is -0.892. The standard InChI is InChI=1S/C22H25NO6/c1-29-21(28)17-9-16(10-18(25)11-17)20(27)23-8-7-19(26)22(13-23,14-24)12-15-5-3-2-4-6-15/h2-6,9-11,19,24-26H,7-8,12-14H2,1H3/t19-,22+/m0/s1. The van der Waals surface area contributed by atoms with Crippen molar-refractivity contribution in [1.29, 1.82) is 0 Å². The van der Waals surface area contributed by atoms with Gasteiger partial charge in [-0.1, -0.05) is 30.3 Å². The topological polar surface area (TPSA) is 107 Å². The van der Waals surface area contributed by atoms with Crippen LogP contribution in [0.3, 0.4) is 0 Å². The number of piperidine rings is 1. The summed E-state index contributed by atoms with van der Waals surface area (Å²) in [5, 5.41) is 30.7. The summed E-state index contributed by atoms with van der Waals surface area (Å²) in [4.78, 5) is 26.4. The second-order valence-corrected chi connectivity index (χ2v) is 7.47. The molecule has 1 saturated heterocycles. The number of hydrogen-bond acceptors (Lipinski definition) is 6. The first kappa shape index (κ1) is 20.8. The lowest BCUT2D eigenvalue weighted by Crippen LogP contribution is -2.56. The maximum absolute atomic E-state index is 13.1. The summed E-state index contributed by atoms with van der Waals surface area (Å²) in [6.45, 7) is 0.182. The zero-order valence-electron chi connectivity index (χ0n) is 16.2. The quantitative estimate of drug-likeness (QED) is 0.660. The van der Waals surface area contributed by atoms with Crippen molar-refractivity contribution in [3.8, 4) is 5.75 Å². The molecule has 1 aliphatic heterocycles. The number of hydrogen-bond donors (Lipinski definition) is 3. The number of amides is 1. The van der Waals surface area contributed by atoms with Crippen LogP contribution in [0, 0.1) is 5.41 Å². The molecule has 3 N–H and O–H groups in total. The van der Waals surface area contributed by atoms with Crippen LogP contribution in [0.5, 0.6) is 5.75 Å². The van der Waals surface area contributed by atoms with Gasteiger partial charge in [0.1, 0.15) is 5.75 Å². The van der Waals surface area contributed by atoms with E-state index in [9.17, 15) is 24.9 Å². The number of esters is 1. The predicted octanol–water partition coefficient (Wildman–Crippen LogP) is 1.61. The van der Waals surface area contributed by atoms with E-state index >= 15 is 0 Å². The molecule has 1 heterocycles. The molecular formula is C22H25NO6. The normalized spacial score (nSPS) is 21.6. The van der Waals surface area contributed by atoms with Gasteiger partial charge in [0, 0.05) is 24.1 Å². The number of aliphatic hydroxyl groups is 2. The van der Waals surface area contributed by atoms with Gasteiger partial charge in [-0.2, -0.15) is 0 Å². The third-order valence-electron chi connectivity index (χ3n) is 5.47. The molecule has 0 aromatic heterocycles. The minimum Gasteiger partial charge on any atom is -0.508 e. The van der Waals surface area contributed by atoms with Gasteiger partial charge in [0.15, 0.2) is 0 Å². The van der Waals surface area contributed by atoms with Crippen molar-refractivity contribution in [3.05, 3.63) is 65.2 Å². The van der Waals surface area contributed by atoms with Gasteiger partial charge in [-0.25, -0.2) is 4.79 Å².